The van der Waals surface area contributed by atoms with Gasteiger partial charge in [0.25, 0.3) is 0 Å². The molecular formula is C12H19N5S. The number of nitrogens with zero attached hydrogens (tertiary/aromatic N) is 2. The van der Waals surface area contributed by atoms with Gasteiger partial charge in [-0.05, 0) is 43.6 Å². The maximum Gasteiger partial charge on any atom is 0.194 e. The average molecular weight is 265 g/mol. The molecular weight excluding hydrogens is 246 g/mol. The lowest BCUT2D eigenvalue weighted by Crippen LogP contribution is -2.43. The third kappa shape index (κ3) is 5.09. The molecule has 5 nitrogen and oxygen atoms in total. The number of nitrogens with two attached hydrogens (primary N) is 1. The fraction of sp³-hybridized carbons (Fsp3) is 0.417. The van der Waals surface area contributed by atoms with Gasteiger partial charge in [-0.2, -0.15) is 0 Å². The topological polar surface area (TPSA) is 75.3 Å². The molecule has 98 valence electrons. The first-order chi connectivity index (χ1) is 8.63. The summed E-state index contributed by atoms with van der Waals surface area (Å²) in [5.41, 5.74) is 7.85. The van der Waals surface area contributed by atoms with E-state index in [1.54, 1.807) is 7.05 Å². The number of thiocarbonyl (C=S) groups is 1. The molecule has 0 aliphatic heterocycles. The molecule has 18 heavy (non-hydrogen) atoms. The lowest BCUT2D eigenvalue weighted by atomic mass is 10.1. The Balaban J connectivity index is 2.23. The maximum atomic E-state index is 5.49. The molecule has 0 bridgehead atoms. The minimum Gasteiger partial charge on any atom is -0.370 e. The number of aromatic nitrogens is 1. The number of aliphatic imine (C=N–C) groups is 1. The van der Waals surface area contributed by atoms with Gasteiger partial charge in [0.15, 0.2) is 11.1 Å². The Kier molecular flexibility index (Phi) is 6.07. The molecule has 0 radical (unpaired) electrons. The molecule has 0 saturated heterocycles. The van der Waals surface area contributed by atoms with Gasteiger partial charge in [-0.1, -0.05) is 6.07 Å². The van der Waals surface area contributed by atoms with Gasteiger partial charge in [-0.15, -0.1) is 0 Å². The van der Waals surface area contributed by atoms with Crippen LogP contribution in [0.15, 0.2) is 23.3 Å². The molecule has 0 aromatic carbocycles. The van der Waals surface area contributed by atoms with Crippen molar-refractivity contribution in [2.45, 2.75) is 19.8 Å². The lowest BCUT2D eigenvalue weighted by Gasteiger charge is -2.09. The molecule has 0 aliphatic carbocycles. The van der Waals surface area contributed by atoms with Gasteiger partial charge in [0.2, 0.25) is 0 Å². The molecule has 0 unspecified atom stereocenters. The first-order valence-corrected chi connectivity index (χ1v) is 6.22. The van der Waals surface area contributed by atoms with Crippen LogP contribution >= 0.6 is 12.2 Å². The minimum atomic E-state index is 0.313. The molecule has 1 rings (SSSR count). The van der Waals surface area contributed by atoms with Crippen LogP contribution in [0.1, 0.15) is 17.7 Å². The van der Waals surface area contributed by atoms with E-state index >= 15 is 0 Å². The highest BCUT2D eigenvalue weighted by atomic mass is 32.1. The molecule has 6 heteroatoms. The highest BCUT2D eigenvalue weighted by molar-refractivity contribution is 7.80. The molecule has 0 spiro atoms. The van der Waals surface area contributed by atoms with Gasteiger partial charge in [-0.3, -0.25) is 9.98 Å². The molecule has 0 aliphatic rings. The van der Waals surface area contributed by atoms with Crippen LogP contribution in [-0.2, 0) is 6.42 Å². The van der Waals surface area contributed by atoms with Crippen LogP contribution in [0.2, 0.25) is 0 Å². The van der Waals surface area contributed by atoms with Crippen molar-refractivity contribution in [3.63, 3.8) is 0 Å². The number of hydrogen-bond acceptors (Lipinski definition) is 3. The third-order valence-electron chi connectivity index (χ3n) is 2.48. The quantitative estimate of drug-likeness (QED) is 0.324. The van der Waals surface area contributed by atoms with E-state index in [1.807, 2.05) is 12.3 Å². The summed E-state index contributed by atoms with van der Waals surface area (Å²) in [6, 6.07) is 4.02. The van der Waals surface area contributed by atoms with E-state index in [0.717, 1.165) is 25.1 Å². The van der Waals surface area contributed by atoms with E-state index in [4.69, 9.17) is 18.0 Å². The summed E-state index contributed by atoms with van der Waals surface area (Å²) in [6.45, 7) is 2.85. The number of guanidine groups is 1. The zero-order valence-electron chi connectivity index (χ0n) is 10.7. The van der Waals surface area contributed by atoms with Crippen molar-refractivity contribution in [1.29, 1.82) is 0 Å². The first-order valence-electron chi connectivity index (χ1n) is 5.81. The van der Waals surface area contributed by atoms with E-state index < -0.39 is 0 Å². The standard InChI is InChI=1S/C12H19N5S/c1-9-5-3-7-15-10(9)6-4-8-16-12(18)17-11(13)14-2/h3,5,7H,4,6,8H2,1-2H3,(H4,13,14,16,17,18). The summed E-state index contributed by atoms with van der Waals surface area (Å²) in [5.74, 6) is 0.313. The predicted molar refractivity (Wildman–Crippen MR) is 78.6 cm³/mol. The minimum absolute atomic E-state index is 0.313. The Hall–Kier alpha value is -1.69. The van der Waals surface area contributed by atoms with E-state index in [2.05, 4.69) is 33.6 Å². The molecule has 1 aromatic heterocycles. The maximum absolute atomic E-state index is 5.49. The fourth-order valence-corrected chi connectivity index (χ4v) is 1.66. The monoisotopic (exact) mass is 265 g/mol. The van der Waals surface area contributed by atoms with E-state index in [1.165, 1.54) is 5.56 Å². The van der Waals surface area contributed by atoms with Crippen molar-refractivity contribution in [2.24, 2.45) is 10.7 Å². The third-order valence-corrected chi connectivity index (χ3v) is 2.72. The summed E-state index contributed by atoms with van der Waals surface area (Å²) in [7, 11) is 1.61. The van der Waals surface area contributed by atoms with Crippen LogP contribution in [0.5, 0.6) is 0 Å². The number of nitrogens with one attached hydrogen (secondary N) is 2. The molecule has 0 atom stereocenters. The molecule has 1 aromatic rings. The molecule has 0 fully saturated rings. The Morgan fingerprint density at radius 1 is 1.56 bits per heavy atom. The number of aryl methyl sites for hydroxylation is 2. The molecule has 0 saturated carbocycles. The second kappa shape index (κ2) is 7.60. The predicted octanol–water partition coefficient (Wildman–Crippen LogP) is 0.731. The van der Waals surface area contributed by atoms with Gasteiger partial charge in [0.1, 0.15) is 0 Å². The normalized spacial score (nSPS) is 11.1. The molecule has 0 amide bonds. The van der Waals surface area contributed by atoms with Crippen molar-refractivity contribution < 1.29 is 0 Å². The Morgan fingerprint density at radius 3 is 3.00 bits per heavy atom. The summed E-state index contributed by atoms with van der Waals surface area (Å²) < 4.78 is 0. The van der Waals surface area contributed by atoms with E-state index in [0.29, 0.717) is 11.1 Å². The van der Waals surface area contributed by atoms with Gasteiger partial charge < -0.3 is 16.4 Å². The number of hydrogen-bond donors (Lipinski definition) is 3. The van der Waals surface area contributed by atoms with Gasteiger partial charge in [-0.25, -0.2) is 0 Å². The summed E-state index contributed by atoms with van der Waals surface area (Å²) in [5, 5.41) is 6.34. The highest BCUT2D eigenvalue weighted by Gasteiger charge is 2.00. The molecule has 1 heterocycles. The van der Waals surface area contributed by atoms with Crippen molar-refractivity contribution in [3.05, 3.63) is 29.6 Å². The number of pyridine rings is 1. The zero-order valence-corrected chi connectivity index (χ0v) is 11.5. The highest BCUT2D eigenvalue weighted by Crippen LogP contribution is 2.05. The summed E-state index contributed by atoms with van der Waals surface area (Å²) >= 11 is 5.05. The zero-order chi connectivity index (χ0) is 13.4. The SMILES string of the molecule is CN=C(N)NC(=S)NCCCc1ncccc1C. The summed E-state index contributed by atoms with van der Waals surface area (Å²) in [4.78, 5) is 8.10. The van der Waals surface area contributed by atoms with Crippen molar-refractivity contribution in [1.82, 2.24) is 15.6 Å². The van der Waals surface area contributed by atoms with Crippen LogP contribution < -0.4 is 16.4 Å². The molecule has 4 N–H and O–H groups in total. The number of rotatable bonds is 4. The van der Waals surface area contributed by atoms with Gasteiger partial charge >= 0.3 is 0 Å². The van der Waals surface area contributed by atoms with E-state index in [9.17, 15) is 0 Å². The smallest absolute Gasteiger partial charge is 0.194 e. The van der Waals surface area contributed by atoms with Crippen LogP contribution in [0, 0.1) is 6.92 Å². The van der Waals surface area contributed by atoms with E-state index in [-0.39, 0.29) is 0 Å². The van der Waals surface area contributed by atoms with Crippen LogP contribution in [0.25, 0.3) is 0 Å². The van der Waals surface area contributed by atoms with Crippen LogP contribution in [-0.4, -0.2) is 29.6 Å². The Morgan fingerprint density at radius 2 is 2.33 bits per heavy atom. The van der Waals surface area contributed by atoms with Crippen molar-refractivity contribution in [2.75, 3.05) is 13.6 Å². The van der Waals surface area contributed by atoms with Gasteiger partial charge in [0.05, 0.1) is 0 Å². The largest absolute Gasteiger partial charge is 0.370 e. The lowest BCUT2D eigenvalue weighted by molar-refractivity contribution is 0.753. The van der Waals surface area contributed by atoms with Crippen molar-refractivity contribution in [3.8, 4) is 0 Å². The summed E-state index contributed by atoms with van der Waals surface area (Å²) in [6.07, 6.45) is 3.71. The Bertz CT molecular complexity index is 430. The first kappa shape index (κ1) is 14.4. The van der Waals surface area contributed by atoms with Gasteiger partial charge in [0, 0.05) is 25.5 Å². The van der Waals surface area contributed by atoms with Crippen LogP contribution in [0.3, 0.4) is 0 Å². The fourth-order valence-electron chi connectivity index (χ4n) is 1.45. The Labute approximate surface area is 113 Å². The second-order valence-corrected chi connectivity index (χ2v) is 4.27. The second-order valence-electron chi connectivity index (χ2n) is 3.86. The average Bonchev–Trinajstić information content (AvgIpc) is 2.36. The van der Waals surface area contributed by atoms with Crippen molar-refractivity contribution >= 4 is 23.3 Å². The van der Waals surface area contributed by atoms with Crippen LogP contribution in [0.4, 0.5) is 0 Å².